The van der Waals surface area contributed by atoms with Crippen molar-refractivity contribution in [1.82, 2.24) is 9.47 Å². The first kappa shape index (κ1) is 18.0. The van der Waals surface area contributed by atoms with Crippen LogP contribution in [0.2, 0.25) is 5.02 Å². The Bertz CT molecular complexity index is 1070. The molecule has 27 heavy (non-hydrogen) atoms. The first-order valence-electron chi connectivity index (χ1n) is 8.49. The zero-order valence-electron chi connectivity index (χ0n) is 14.6. The van der Waals surface area contributed by atoms with Gasteiger partial charge in [-0.3, -0.25) is 9.59 Å². The fourth-order valence-corrected chi connectivity index (χ4v) is 5.79. The molecule has 0 bridgehead atoms. The number of carbonyl (C=O) groups excluding carboxylic acids is 1. The van der Waals surface area contributed by atoms with Gasteiger partial charge in [-0.05, 0) is 30.3 Å². The molecule has 0 unspecified atom stereocenters. The van der Waals surface area contributed by atoms with Crippen molar-refractivity contribution < 1.29 is 14.3 Å². The van der Waals surface area contributed by atoms with Crippen molar-refractivity contribution >= 4 is 39.3 Å². The predicted molar refractivity (Wildman–Crippen MR) is 106 cm³/mol. The Labute approximate surface area is 163 Å². The highest BCUT2D eigenvalue weighted by Crippen LogP contribution is 2.33. The van der Waals surface area contributed by atoms with Crippen LogP contribution in [0.1, 0.15) is 10.6 Å². The van der Waals surface area contributed by atoms with Gasteiger partial charge >= 0.3 is 5.56 Å². The fraction of sp³-hybridized carbons (Fsp3) is 0.263. The summed E-state index contributed by atoms with van der Waals surface area (Å²) in [6, 6.07) is 8.43. The van der Waals surface area contributed by atoms with E-state index in [2.05, 4.69) is 0 Å². The molecule has 1 amide bonds. The van der Waals surface area contributed by atoms with Gasteiger partial charge < -0.3 is 19.0 Å². The molecule has 0 radical (unpaired) electrons. The number of fused-ring (bicyclic) bond motifs is 1. The summed E-state index contributed by atoms with van der Waals surface area (Å²) in [7, 11) is 1.26. The Balaban J connectivity index is 1.64. The summed E-state index contributed by atoms with van der Waals surface area (Å²) < 4.78 is 6.73. The molecule has 0 aliphatic carbocycles. The van der Waals surface area contributed by atoms with E-state index in [1.54, 1.807) is 46.8 Å². The topological polar surface area (TPSA) is 75.7 Å². The molecule has 0 atom stereocenters. The lowest BCUT2D eigenvalue weighted by Crippen LogP contribution is -2.45. The van der Waals surface area contributed by atoms with Gasteiger partial charge in [-0.15, -0.1) is 0 Å². The Morgan fingerprint density at radius 1 is 1.26 bits per heavy atom. The lowest BCUT2D eigenvalue weighted by molar-refractivity contribution is 0.0739. The van der Waals surface area contributed by atoms with E-state index in [9.17, 15) is 14.7 Å². The number of aryl methyl sites for hydroxylation is 1. The van der Waals surface area contributed by atoms with Crippen LogP contribution in [0.3, 0.4) is 0 Å². The lowest BCUT2D eigenvalue weighted by atomic mass is 10.2. The number of hydrogen-bond acceptors (Lipinski definition) is 4. The first-order chi connectivity index (χ1) is 13.0. The predicted octanol–water partition coefficient (Wildman–Crippen LogP) is 2.62. The highest BCUT2D eigenvalue weighted by molar-refractivity contribution is 7.97. The van der Waals surface area contributed by atoms with E-state index in [4.69, 9.17) is 16.0 Å². The zero-order chi connectivity index (χ0) is 19.1. The van der Waals surface area contributed by atoms with Crippen molar-refractivity contribution in [3.8, 4) is 5.75 Å². The maximum atomic E-state index is 12.9. The number of benzene rings is 1. The molecule has 3 aromatic rings. The molecule has 1 aliphatic heterocycles. The standard InChI is InChI=1S/C19H17ClN2O4S/c1-21-14-5-4-12(20)11-13(14)16(23)17(19(21)25)27-9-6-22(7-10-27)18(24)15-3-2-8-26-15/h2-5,8,11H,6-7,9-10H2,1H3/p+1. The zero-order valence-corrected chi connectivity index (χ0v) is 16.2. The first-order valence-corrected chi connectivity index (χ1v) is 10.4. The molecule has 2 aromatic heterocycles. The molecule has 1 aliphatic rings. The van der Waals surface area contributed by atoms with Crippen molar-refractivity contribution in [3.05, 3.63) is 57.7 Å². The quantitative estimate of drug-likeness (QED) is 0.665. The smallest absolute Gasteiger partial charge is 0.310 e. The number of aromatic hydroxyl groups is 1. The van der Waals surface area contributed by atoms with Crippen LogP contribution in [0.15, 0.2) is 50.7 Å². The number of hydrogen-bond donors (Lipinski definition) is 1. The van der Waals surface area contributed by atoms with Crippen LogP contribution in [0.5, 0.6) is 5.75 Å². The summed E-state index contributed by atoms with van der Waals surface area (Å²) in [5, 5.41) is 11.9. The van der Waals surface area contributed by atoms with Crippen molar-refractivity contribution in [1.29, 1.82) is 0 Å². The second-order valence-corrected chi connectivity index (χ2v) is 9.02. The number of amides is 1. The minimum Gasteiger partial charge on any atom is -0.503 e. The van der Waals surface area contributed by atoms with Gasteiger partial charge in [-0.1, -0.05) is 11.6 Å². The largest absolute Gasteiger partial charge is 0.503 e. The van der Waals surface area contributed by atoms with E-state index < -0.39 is 10.9 Å². The van der Waals surface area contributed by atoms with Gasteiger partial charge in [0.15, 0.2) is 11.5 Å². The molecule has 1 saturated heterocycles. The van der Waals surface area contributed by atoms with Gasteiger partial charge in [-0.2, -0.15) is 0 Å². The number of rotatable bonds is 2. The molecule has 6 nitrogen and oxygen atoms in total. The Morgan fingerprint density at radius 3 is 2.67 bits per heavy atom. The van der Waals surface area contributed by atoms with Crippen LogP contribution in [0.25, 0.3) is 10.9 Å². The molecule has 1 fully saturated rings. The van der Waals surface area contributed by atoms with Crippen LogP contribution in [0, 0.1) is 0 Å². The van der Waals surface area contributed by atoms with Gasteiger partial charge in [0.1, 0.15) is 11.5 Å². The minimum absolute atomic E-state index is 0.00439. The number of nitrogens with zero attached hydrogens (tertiary/aromatic N) is 2. The molecule has 4 rings (SSSR count). The fourth-order valence-electron chi connectivity index (χ4n) is 3.35. The SMILES string of the molecule is Cn1c(=O)c([S+]2CCN(C(=O)c3ccco3)CC2)c(O)c2cc(Cl)ccc21. The third-order valence-electron chi connectivity index (χ3n) is 4.81. The van der Waals surface area contributed by atoms with Gasteiger partial charge in [0.2, 0.25) is 0 Å². The van der Waals surface area contributed by atoms with Gasteiger partial charge in [-0.25, -0.2) is 0 Å². The van der Waals surface area contributed by atoms with Gasteiger partial charge in [0.25, 0.3) is 10.8 Å². The van der Waals surface area contributed by atoms with Gasteiger partial charge in [0, 0.05) is 28.4 Å². The highest BCUT2D eigenvalue weighted by atomic mass is 35.5. The maximum absolute atomic E-state index is 12.9. The second kappa shape index (κ2) is 6.98. The lowest BCUT2D eigenvalue weighted by Gasteiger charge is -2.26. The number of pyridine rings is 1. The van der Waals surface area contributed by atoms with Crippen molar-refractivity contribution in [2.45, 2.75) is 4.90 Å². The number of carbonyl (C=O) groups is 1. The third-order valence-corrected chi connectivity index (χ3v) is 7.34. The summed E-state index contributed by atoms with van der Waals surface area (Å²) in [5.74, 6) is 1.43. The summed E-state index contributed by atoms with van der Waals surface area (Å²) in [5.41, 5.74) is 0.442. The number of furan rings is 1. The third kappa shape index (κ3) is 3.11. The minimum atomic E-state index is -0.439. The summed E-state index contributed by atoms with van der Waals surface area (Å²) >= 11 is 6.07. The van der Waals surface area contributed by atoms with E-state index in [-0.39, 0.29) is 17.2 Å². The van der Waals surface area contributed by atoms with Gasteiger partial charge in [0.05, 0.1) is 24.9 Å². The van der Waals surface area contributed by atoms with Crippen LogP contribution in [-0.2, 0) is 17.9 Å². The Hall–Kier alpha value is -2.38. The van der Waals surface area contributed by atoms with Crippen LogP contribution in [-0.4, -0.2) is 45.1 Å². The molecular weight excluding hydrogens is 388 g/mol. The summed E-state index contributed by atoms with van der Waals surface area (Å²) in [6.07, 6.45) is 1.48. The molecule has 1 N–H and O–H groups in total. The Kier molecular flexibility index (Phi) is 4.65. The number of halogens is 1. The molecule has 1 aromatic carbocycles. The van der Waals surface area contributed by atoms with E-state index in [1.165, 1.54) is 6.26 Å². The normalized spacial score (nSPS) is 15.4. The number of aromatic nitrogens is 1. The van der Waals surface area contributed by atoms with Crippen LogP contribution < -0.4 is 5.56 Å². The van der Waals surface area contributed by atoms with Crippen molar-refractivity contribution in [2.24, 2.45) is 7.05 Å². The second-order valence-electron chi connectivity index (χ2n) is 6.37. The van der Waals surface area contributed by atoms with E-state index in [0.717, 1.165) is 0 Å². The molecule has 0 saturated carbocycles. The maximum Gasteiger partial charge on any atom is 0.310 e. The van der Waals surface area contributed by atoms with E-state index in [1.807, 2.05) is 0 Å². The van der Waals surface area contributed by atoms with Crippen LogP contribution >= 0.6 is 11.6 Å². The van der Waals surface area contributed by atoms with E-state index in [0.29, 0.717) is 51.2 Å². The Morgan fingerprint density at radius 2 is 2.00 bits per heavy atom. The average Bonchev–Trinajstić information content (AvgIpc) is 3.21. The highest BCUT2D eigenvalue weighted by Gasteiger charge is 2.37. The van der Waals surface area contributed by atoms with Crippen molar-refractivity contribution in [3.63, 3.8) is 0 Å². The van der Waals surface area contributed by atoms with E-state index >= 15 is 0 Å². The molecular formula is C19H18ClN2O4S+. The average molecular weight is 406 g/mol. The molecule has 3 heterocycles. The molecule has 0 spiro atoms. The van der Waals surface area contributed by atoms with Crippen molar-refractivity contribution in [2.75, 3.05) is 24.6 Å². The summed E-state index contributed by atoms with van der Waals surface area (Å²) in [4.78, 5) is 27.4. The monoisotopic (exact) mass is 405 g/mol. The summed E-state index contributed by atoms with van der Waals surface area (Å²) in [6.45, 7) is 1.03. The van der Waals surface area contributed by atoms with Crippen LogP contribution in [0.4, 0.5) is 0 Å². The molecule has 140 valence electrons. The molecule has 8 heteroatoms.